The molecule has 0 saturated heterocycles. The van der Waals surface area contributed by atoms with Gasteiger partial charge in [-0.05, 0) is 0 Å². The number of hydrogen-bond donors (Lipinski definition) is 0. The van der Waals surface area contributed by atoms with Crippen LogP contribution < -0.4 is 0 Å². The van der Waals surface area contributed by atoms with Crippen LogP contribution >= 0.6 is 0 Å². The molecule has 0 radical (unpaired) electrons. The van der Waals surface area contributed by atoms with Crippen LogP contribution in [-0.2, 0) is 32.1 Å². The Labute approximate surface area is 295 Å². The SMILES string of the molecule is CC(C)(C)C1=CC[C]([Zr](=[C]2CCCCC2)[CH]2c3cc4c(cc3-c3cc5c(cc32)C(C)(C)C=C5C(C)(C)C)C(C(C)(C)C)=CC4(C)C)=C1. The first-order valence-electron chi connectivity index (χ1n) is 18.7. The van der Waals surface area contributed by atoms with Gasteiger partial charge in [-0.25, -0.2) is 0 Å². The van der Waals surface area contributed by atoms with E-state index in [1.807, 2.05) is 6.49 Å². The van der Waals surface area contributed by atoms with Crippen LogP contribution in [0.2, 0.25) is 0 Å². The monoisotopic (exact) mass is 702 g/mol. The molecular weight excluding hydrogens is 644 g/mol. The van der Waals surface area contributed by atoms with Gasteiger partial charge < -0.3 is 0 Å². The second-order valence-corrected chi connectivity index (χ2v) is 26.6. The van der Waals surface area contributed by atoms with Crippen molar-refractivity contribution in [2.45, 2.75) is 143 Å². The molecular formula is C46H60Zr. The predicted molar refractivity (Wildman–Crippen MR) is 203 cm³/mol. The van der Waals surface area contributed by atoms with E-state index in [1.54, 1.807) is 39.0 Å². The van der Waals surface area contributed by atoms with Crippen LogP contribution in [0.25, 0.3) is 22.3 Å². The number of hydrogen-bond acceptors (Lipinski definition) is 0. The van der Waals surface area contributed by atoms with Crippen LogP contribution in [0.3, 0.4) is 0 Å². The summed E-state index contributed by atoms with van der Waals surface area (Å²) in [7, 11) is 0. The van der Waals surface area contributed by atoms with Crippen LogP contribution in [0, 0.1) is 16.2 Å². The third-order valence-electron chi connectivity index (χ3n) is 12.1. The van der Waals surface area contributed by atoms with Gasteiger partial charge in [0.25, 0.3) is 0 Å². The molecule has 0 bridgehead atoms. The minimum atomic E-state index is -2.39. The van der Waals surface area contributed by atoms with Crippen LogP contribution in [0.5, 0.6) is 0 Å². The summed E-state index contributed by atoms with van der Waals surface area (Å²) in [6.45, 7) is 31.5. The van der Waals surface area contributed by atoms with Crippen molar-refractivity contribution in [1.82, 2.24) is 0 Å². The summed E-state index contributed by atoms with van der Waals surface area (Å²) in [5.41, 5.74) is 17.8. The Morgan fingerprint density at radius 1 is 0.596 bits per heavy atom. The summed E-state index contributed by atoms with van der Waals surface area (Å²) in [6, 6.07) is 10.9. The quantitative estimate of drug-likeness (QED) is 0.292. The summed E-state index contributed by atoms with van der Waals surface area (Å²) in [5.74, 6) is 0. The number of benzene rings is 2. The van der Waals surface area contributed by atoms with Gasteiger partial charge in [0.05, 0.1) is 0 Å². The third-order valence-corrected chi connectivity index (χ3v) is 20.7. The number of allylic oxidation sites excluding steroid dienone is 8. The Hall–Kier alpha value is -1.85. The van der Waals surface area contributed by atoms with Gasteiger partial charge >= 0.3 is 297 Å². The van der Waals surface area contributed by atoms with Crippen LogP contribution in [-0.4, -0.2) is 3.21 Å². The first-order chi connectivity index (χ1) is 21.7. The molecule has 0 aromatic heterocycles. The van der Waals surface area contributed by atoms with Crippen molar-refractivity contribution in [3.8, 4) is 11.1 Å². The van der Waals surface area contributed by atoms with Crippen LogP contribution in [0.4, 0.5) is 0 Å². The van der Waals surface area contributed by atoms with E-state index >= 15 is 0 Å². The molecule has 0 N–H and O–H groups in total. The van der Waals surface area contributed by atoms with Gasteiger partial charge in [0.15, 0.2) is 0 Å². The van der Waals surface area contributed by atoms with E-state index in [4.69, 9.17) is 0 Å². The van der Waals surface area contributed by atoms with Crippen molar-refractivity contribution < 1.29 is 21.3 Å². The predicted octanol–water partition coefficient (Wildman–Crippen LogP) is 13.2. The molecule has 0 aliphatic heterocycles. The topological polar surface area (TPSA) is 0 Å². The molecule has 0 nitrogen and oxygen atoms in total. The van der Waals surface area contributed by atoms with Gasteiger partial charge in [-0.15, -0.1) is 0 Å². The Balaban J connectivity index is 1.54. The average molecular weight is 704 g/mol. The standard InChI is InChI=1S/C31H37.C9H13.C6H10.Zr/c1-28(2,3)26-16-30(7,8)24-12-18-11-19-13-25-23(15-21(19)20(18)14-22(24)26)27(29(4,5)6)17-31(25,9)10;1-9(2,3)8-6-4-5-7-8;1-2-4-6-5-3-1;/h11-17H,1-10H3;6-7H,4H2,1-3H3;1-5H2;. The van der Waals surface area contributed by atoms with Gasteiger partial charge in [0.2, 0.25) is 0 Å². The molecule has 0 spiro atoms. The molecule has 0 amide bonds. The zero-order valence-corrected chi connectivity index (χ0v) is 34.4. The maximum atomic E-state index is 2.75. The summed E-state index contributed by atoms with van der Waals surface area (Å²) in [5, 5.41) is 0. The molecule has 2 aromatic rings. The van der Waals surface area contributed by atoms with Crippen LogP contribution in [0.1, 0.15) is 166 Å². The molecule has 1 fully saturated rings. The number of fused-ring (bicyclic) bond motifs is 5. The van der Waals surface area contributed by atoms with Gasteiger partial charge in [-0.2, -0.15) is 0 Å². The third kappa shape index (κ3) is 5.53. The zero-order valence-electron chi connectivity index (χ0n) is 31.9. The van der Waals surface area contributed by atoms with Crippen molar-refractivity contribution in [3.63, 3.8) is 0 Å². The van der Waals surface area contributed by atoms with E-state index in [9.17, 15) is 0 Å². The molecule has 2 aromatic carbocycles. The Morgan fingerprint density at radius 2 is 1.06 bits per heavy atom. The summed E-state index contributed by atoms with van der Waals surface area (Å²) < 4.78 is 4.44. The summed E-state index contributed by atoms with van der Waals surface area (Å²) in [6.07, 6.45) is 18.7. The fourth-order valence-electron chi connectivity index (χ4n) is 9.54. The Bertz CT molecular complexity index is 1750. The van der Waals surface area contributed by atoms with Crippen molar-refractivity contribution >= 4 is 14.4 Å². The fraction of sp³-hybridized carbons (Fsp3) is 0.543. The second-order valence-electron chi connectivity index (χ2n) is 19.8. The van der Waals surface area contributed by atoms with E-state index in [1.165, 1.54) is 60.8 Å². The first-order valence-corrected chi connectivity index (χ1v) is 22.5. The van der Waals surface area contributed by atoms with Gasteiger partial charge in [0.1, 0.15) is 0 Å². The van der Waals surface area contributed by atoms with Crippen molar-refractivity contribution in [2.75, 3.05) is 0 Å². The van der Waals surface area contributed by atoms with E-state index in [0.717, 1.165) is 0 Å². The van der Waals surface area contributed by atoms with E-state index in [0.29, 0.717) is 3.63 Å². The molecule has 0 heterocycles. The van der Waals surface area contributed by atoms with E-state index in [-0.39, 0.29) is 27.1 Å². The van der Waals surface area contributed by atoms with Crippen molar-refractivity contribution in [1.29, 1.82) is 0 Å². The second kappa shape index (κ2) is 10.8. The minimum absolute atomic E-state index is 0.0489. The zero-order chi connectivity index (χ0) is 34.1. The number of rotatable bonds is 2. The molecule has 1 heteroatoms. The molecule has 0 unspecified atom stereocenters. The maximum absolute atomic E-state index is 2.75. The molecule has 5 aliphatic rings. The summed E-state index contributed by atoms with van der Waals surface area (Å²) in [4.78, 5) is 0. The van der Waals surface area contributed by atoms with Crippen LogP contribution in [0.15, 0.2) is 57.4 Å². The fourth-order valence-corrected chi connectivity index (χ4v) is 19.0. The van der Waals surface area contributed by atoms with E-state index < -0.39 is 21.3 Å². The van der Waals surface area contributed by atoms with E-state index in [2.05, 4.69) is 139 Å². The Morgan fingerprint density at radius 3 is 1.47 bits per heavy atom. The van der Waals surface area contributed by atoms with Gasteiger partial charge in [-0.1, -0.05) is 0 Å². The van der Waals surface area contributed by atoms with Gasteiger partial charge in [0, 0.05) is 0 Å². The average Bonchev–Trinajstić information content (AvgIpc) is 3.69. The summed E-state index contributed by atoms with van der Waals surface area (Å²) >= 11 is -2.39. The molecule has 0 atom stereocenters. The molecule has 7 rings (SSSR count). The molecule has 1 saturated carbocycles. The van der Waals surface area contributed by atoms with Crippen molar-refractivity contribution in [2.24, 2.45) is 16.2 Å². The van der Waals surface area contributed by atoms with Gasteiger partial charge in [-0.3, -0.25) is 0 Å². The molecule has 248 valence electrons. The van der Waals surface area contributed by atoms with Crippen molar-refractivity contribution in [3.05, 3.63) is 90.8 Å². The Kier molecular flexibility index (Phi) is 7.75. The molecule has 47 heavy (non-hydrogen) atoms. The first kappa shape index (κ1) is 33.6. The molecule has 5 aliphatic carbocycles. The normalized spacial score (nSPS) is 21.5.